The topological polar surface area (TPSA) is 61.3 Å². The Balaban J connectivity index is 3.15. The van der Waals surface area contributed by atoms with Gasteiger partial charge in [0.1, 0.15) is 5.75 Å². The number of nitrogens with two attached hydrogens (primary N) is 2. The fourth-order valence-electron chi connectivity index (χ4n) is 1.05. The molecule has 0 aliphatic rings. The monoisotopic (exact) mass is 284 g/mol. The van der Waals surface area contributed by atoms with Crippen molar-refractivity contribution in [2.45, 2.75) is 12.9 Å². The molecule has 0 atom stereocenters. The predicted octanol–water partition coefficient (Wildman–Crippen LogP) is 2.39. The van der Waals surface area contributed by atoms with Gasteiger partial charge in [-0.2, -0.15) is 0 Å². The molecule has 1 aromatic carbocycles. The van der Waals surface area contributed by atoms with Crippen LogP contribution in [0.3, 0.4) is 0 Å². The largest absolute Gasteiger partial charge is 0.573 e. The Morgan fingerprint density at radius 2 is 1.93 bits per heavy atom. The molecule has 0 unspecified atom stereocenters. The summed E-state index contributed by atoms with van der Waals surface area (Å²) in [6.07, 6.45) is -4.75. The van der Waals surface area contributed by atoms with Crippen LogP contribution in [0.5, 0.6) is 5.75 Å². The molecule has 0 bridgehead atoms. The van der Waals surface area contributed by atoms with Crippen LogP contribution in [0.4, 0.5) is 18.9 Å². The molecule has 0 saturated heterocycles. The van der Waals surface area contributed by atoms with Crippen molar-refractivity contribution < 1.29 is 17.9 Å². The van der Waals surface area contributed by atoms with Crippen LogP contribution in [-0.4, -0.2) is 6.36 Å². The van der Waals surface area contributed by atoms with E-state index in [2.05, 4.69) is 20.7 Å². The van der Waals surface area contributed by atoms with Gasteiger partial charge in [0.05, 0.1) is 0 Å². The molecule has 0 fully saturated rings. The lowest BCUT2D eigenvalue weighted by atomic mass is 10.2. The van der Waals surface area contributed by atoms with Gasteiger partial charge < -0.3 is 16.2 Å². The number of alkyl halides is 3. The van der Waals surface area contributed by atoms with Crippen LogP contribution in [0.15, 0.2) is 16.6 Å². The van der Waals surface area contributed by atoms with E-state index in [1.54, 1.807) is 0 Å². The first-order chi connectivity index (χ1) is 6.83. The van der Waals surface area contributed by atoms with Gasteiger partial charge >= 0.3 is 6.36 Å². The average molecular weight is 285 g/mol. The Bertz CT molecular complexity index is 368. The van der Waals surface area contributed by atoms with Crippen LogP contribution in [0, 0.1) is 0 Å². The molecule has 0 amide bonds. The van der Waals surface area contributed by atoms with Crippen molar-refractivity contribution in [3.63, 3.8) is 0 Å². The second-order valence-corrected chi connectivity index (χ2v) is 3.59. The Hall–Kier alpha value is -0.950. The van der Waals surface area contributed by atoms with E-state index >= 15 is 0 Å². The lowest BCUT2D eigenvalue weighted by Gasteiger charge is -2.14. The van der Waals surface area contributed by atoms with Gasteiger partial charge in [-0.15, -0.1) is 13.2 Å². The number of anilines is 1. The summed E-state index contributed by atoms with van der Waals surface area (Å²) in [6.45, 7) is -0.0771. The highest BCUT2D eigenvalue weighted by molar-refractivity contribution is 9.10. The SMILES string of the molecule is NCc1c(Br)cc(N)cc1OC(F)(F)F. The van der Waals surface area contributed by atoms with Crippen molar-refractivity contribution in [3.8, 4) is 5.75 Å². The van der Waals surface area contributed by atoms with E-state index in [4.69, 9.17) is 11.5 Å². The molecule has 0 aromatic heterocycles. The quantitative estimate of drug-likeness (QED) is 0.820. The summed E-state index contributed by atoms with van der Waals surface area (Å²) in [5.74, 6) is -0.378. The van der Waals surface area contributed by atoms with Crippen molar-refractivity contribution in [3.05, 3.63) is 22.2 Å². The van der Waals surface area contributed by atoms with Crippen LogP contribution in [-0.2, 0) is 6.54 Å². The molecule has 7 heteroatoms. The lowest BCUT2D eigenvalue weighted by Crippen LogP contribution is -2.19. The number of hydrogen-bond donors (Lipinski definition) is 2. The molecule has 84 valence electrons. The molecular formula is C8H8BrF3N2O. The summed E-state index contributed by atoms with van der Waals surface area (Å²) in [5, 5.41) is 0. The summed E-state index contributed by atoms with van der Waals surface area (Å²) in [7, 11) is 0. The van der Waals surface area contributed by atoms with Gasteiger partial charge in [-0.3, -0.25) is 0 Å². The van der Waals surface area contributed by atoms with Crippen molar-refractivity contribution >= 4 is 21.6 Å². The predicted molar refractivity (Wildman–Crippen MR) is 53.1 cm³/mol. The first kappa shape index (κ1) is 12.1. The van der Waals surface area contributed by atoms with Crippen molar-refractivity contribution in [2.75, 3.05) is 5.73 Å². The molecule has 1 aromatic rings. The first-order valence-electron chi connectivity index (χ1n) is 3.87. The molecular weight excluding hydrogens is 277 g/mol. The van der Waals surface area contributed by atoms with E-state index in [9.17, 15) is 13.2 Å². The second-order valence-electron chi connectivity index (χ2n) is 2.73. The van der Waals surface area contributed by atoms with E-state index in [1.807, 2.05) is 0 Å². The highest BCUT2D eigenvalue weighted by Gasteiger charge is 2.32. The van der Waals surface area contributed by atoms with Gasteiger partial charge in [-0.1, -0.05) is 15.9 Å². The van der Waals surface area contributed by atoms with Gasteiger partial charge in [0.15, 0.2) is 0 Å². The first-order valence-corrected chi connectivity index (χ1v) is 4.66. The maximum absolute atomic E-state index is 12.0. The minimum absolute atomic E-state index is 0.0771. The summed E-state index contributed by atoms with van der Waals surface area (Å²) in [5.41, 5.74) is 11.1. The third-order valence-corrected chi connectivity index (χ3v) is 2.31. The molecule has 0 spiro atoms. The van der Waals surface area contributed by atoms with Crippen LogP contribution in [0.25, 0.3) is 0 Å². The summed E-state index contributed by atoms with van der Waals surface area (Å²) in [6, 6.07) is 2.55. The second kappa shape index (κ2) is 4.28. The fourth-order valence-corrected chi connectivity index (χ4v) is 1.67. The average Bonchev–Trinajstić information content (AvgIpc) is 1.99. The summed E-state index contributed by atoms with van der Waals surface area (Å²) >= 11 is 3.06. The smallest absolute Gasteiger partial charge is 0.405 e. The lowest BCUT2D eigenvalue weighted by molar-refractivity contribution is -0.274. The van der Waals surface area contributed by atoms with Gasteiger partial charge in [0, 0.05) is 28.3 Å². The molecule has 4 N–H and O–H groups in total. The Labute approximate surface area is 92.3 Å². The van der Waals surface area contributed by atoms with Crippen molar-refractivity contribution in [1.29, 1.82) is 0 Å². The molecule has 0 saturated carbocycles. The minimum Gasteiger partial charge on any atom is -0.405 e. The van der Waals surface area contributed by atoms with Gasteiger partial charge in [-0.05, 0) is 6.07 Å². The number of hydrogen-bond acceptors (Lipinski definition) is 3. The highest BCUT2D eigenvalue weighted by Crippen LogP contribution is 2.33. The van der Waals surface area contributed by atoms with Crippen LogP contribution in [0.1, 0.15) is 5.56 Å². The maximum Gasteiger partial charge on any atom is 0.573 e. The molecule has 0 radical (unpaired) electrons. The zero-order valence-electron chi connectivity index (χ0n) is 7.44. The van der Waals surface area contributed by atoms with Crippen molar-refractivity contribution in [1.82, 2.24) is 0 Å². The Kier molecular flexibility index (Phi) is 3.46. The zero-order valence-corrected chi connectivity index (χ0v) is 9.02. The van der Waals surface area contributed by atoms with E-state index in [1.165, 1.54) is 6.07 Å². The number of rotatable bonds is 2. The fraction of sp³-hybridized carbons (Fsp3) is 0.250. The van der Waals surface area contributed by atoms with E-state index in [0.717, 1.165) is 6.07 Å². The number of halogens is 4. The van der Waals surface area contributed by atoms with Crippen LogP contribution in [0.2, 0.25) is 0 Å². The third-order valence-electron chi connectivity index (χ3n) is 1.61. The van der Waals surface area contributed by atoms with Crippen LogP contribution < -0.4 is 16.2 Å². The minimum atomic E-state index is -4.75. The Morgan fingerprint density at radius 1 is 1.33 bits per heavy atom. The molecule has 1 rings (SSSR count). The van der Waals surface area contributed by atoms with Gasteiger partial charge in [0.2, 0.25) is 0 Å². The van der Waals surface area contributed by atoms with E-state index in [0.29, 0.717) is 4.47 Å². The van der Waals surface area contributed by atoms with Crippen molar-refractivity contribution in [2.24, 2.45) is 5.73 Å². The summed E-state index contributed by atoms with van der Waals surface area (Å²) < 4.78 is 40.2. The van der Waals surface area contributed by atoms with E-state index < -0.39 is 6.36 Å². The number of benzene rings is 1. The molecule has 0 aliphatic heterocycles. The maximum atomic E-state index is 12.0. The van der Waals surface area contributed by atoms with Crippen LogP contribution >= 0.6 is 15.9 Å². The molecule has 0 aliphatic carbocycles. The normalized spacial score (nSPS) is 11.5. The molecule has 15 heavy (non-hydrogen) atoms. The molecule has 0 heterocycles. The number of ether oxygens (including phenoxy) is 1. The van der Waals surface area contributed by atoms with Gasteiger partial charge in [0.25, 0.3) is 0 Å². The van der Waals surface area contributed by atoms with Gasteiger partial charge in [-0.25, -0.2) is 0 Å². The standard InChI is InChI=1S/C8H8BrF3N2O/c9-6-1-4(14)2-7(5(6)3-13)15-8(10,11)12/h1-2H,3,13-14H2. The third kappa shape index (κ3) is 3.28. The van der Waals surface area contributed by atoms with E-state index in [-0.39, 0.29) is 23.5 Å². The zero-order chi connectivity index (χ0) is 11.6. The molecule has 3 nitrogen and oxygen atoms in total. The Morgan fingerprint density at radius 3 is 2.40 bits per heavy atom. The highest BCUT2D eigenvalue weighted by atomic mass is 79.9. The summed E-state index contributed by atoms with van der Waals surface area (Å²) in [4.78, 5) is 0. The number of nitrogen functional groups attached to an aromatic ring is 1.